The molecule has 0 spiro atoms. The third-order valence-electron chi connectivity index (χ3n) is 4.45. The molecule has 0 radical (unpaired) electrons. The van der Waals surface area contributed by atoms with Gasteiger partial charge in [0.15, 0.2) is 0 Å². The van der Waals surface area contributed by atoms with Gasteiger partial charge in [-0.2, -0.15) is 25.3 Å². The summed E-state index contributed by atoms with van der Waals surface area (Å²) in [5, 5.41) is -0.153. The van der Waals surface area contributed by atoms with E-state index in [1.54, 1.807) is 0 Å². The highest BCUT2D eigenvalue weighted by Crippen LogP contribution is 2.56. The van der Waals surface area contributed by atoms with E-state index in [9.17, 15) is 0 Å². The highest BCUT2D eigenvalue weighted by molar-refractivity contribution is 8.11. The lowest BCUT2D eigenvalue weighted by Gasteiger charge is -2.15. The first-order valence-electron chi connectivity index (χ1n) is 10.6. The highest BCUT2D eigenvalue weighted by Gasteiger charge is 2.42. The van der Waals surface area contributed by atoms with Crippen molar-refractivity contribution in [2.75, 3.05) is 23.0 Å². The maximum Gasteiger partial charge on any atom is 0.0541 e. The minimum atomic E-state index is -0.0766. The van der Waals surface area contributed by atoms with E-state index in [1.165, 1.54) is 38.0 Å². The largest absolute Gasteiger partial charge is 0.169 e. The second-order valence-electron chi connectivity index (χ2n) is 7.08. The number of hydrogen-bond acceptors (Lipinski definition) is 8. The first-order chi connectivity index (χ1) is 14.4. The molecule has 0 saturated heterocycles. The van der Waals surface area contributed by atoms with Gasteiger partial charge in [-0.25, -0.2) is 0 Å². The van der Waals surface area contributed by atoms with Gasteiger partial charge in [-0.1, -0.05) is 52.1 Å². The van der Waals surface area contributed by atoms with Crippen molar-refractivity contribution in [1.82, 2.24) is 0 Å². The lowest BCUT2D eigenvalue weighted by molar-refractivity contribution is 1.11. The number of thiocarbonyl (C=S) groups is 2. The van der Waals surface area contributed by atoms with Crippen molar-refractivity contribution in [2.24, 2.45) is 0 Å². The molecule has 2 rings (SSSR count). The summed E-state index contributed by atoms with van der Waals surface area (Å²) in [5.74, 6) is 4.48. The van der Waals surface area contributed by atoms with E-state index in [1.807, 2.05) is 47.0 Å². The molecule has 2 atom stereocenters. The summed E-state index contributed by atoms with van der Waals surface area (Å²) in [5.41, 5.74) is 2.38. The van der Waals surface area contributed by atoms with Gasteiger partial charge in [0.1, 0.15) is 0 Å². The number of hydrogen-bond donors (Lipinski definition) is 2. The van der Waals surface area contributed by atoms with Gasteiger partial charge in [-0.05, 0) is 48.7 Å². The van der Waals surface area contributed by atoms with Crippen LogP contribution in [-0.2, 0) is 0 Å². The average molecular weight is 553 g/mol. The lowest BCUT2D eigenvalue weighted by atomic mass is 10.1. The standard InChI is InChI=1S/C22H32S8/c1-5-9-27-19-14(13-15(23)17(25)18(26)16(13)24)20(28-10-6-2)22(30-12-8-4)21(19)29-11-7-3/h17-18,25-26H,5-12H2,1-4H3. The molecule has 0 amide bonds. The van der Waals surface area contributed by atoms with Crippen molar-refractivity contribution < 1.29 is 0 Å². The van der Waals surface area contributed by atoms with Crippen LogP contribution >= 0.6 is 96.7 Å². The number of thiol groups is 2. The fourth-order valence-corrected chi connectivity index (χ4v) is 9.57. The molecule has 0 aromatic rings. The van der Waals surface area contributed by atoms with Crippen LogP contribution in [0.5, 0.6) is 0 Å². The van der Waals surface area contributed by atoms with Crippen molar-refractivity contribution >= 4 is 106 Å². The Bertz CT molecular complexity index is 686. The molecule has 2 aliphatic rings. The van der Waals surface area contributed by atoms with E-state index in [4.69, 9.17) is 49.7 Å². The van der Waals surface area contributed by atoms with E-state index in [0.29, 0.717) is 0 Å². The minimum Gasteiger partial charge on any atom is -0.169 e. The zero-order valence-corrected chi connectivity index (χ0v) is 24.8. The fourth-order valence-electron chi connectivity index (χ4n) is 3.07. The molecule has 30 heavy (non-hydrogen) atoms. The summed E-state index contributed by atoms with van der Waals surface area (Å²) in [6, 6.07) is 0. The Morgan fingerprint density at radius 2 is 0.867 bits per heavy atom. The van der Waals surface area contributed by atoms with Gasteiger partial charge in [-0.3, -0.25) is 0 Å². The predicted octanol–water partition coefficient (Wildman–Crippen LogP) is 8.64. The fraction of sp³-hybridized carbons (Fsp3) is 0.636. The van der Waals surface area contributed by atoms with E-state index in [2.05, 4.69) is 27.7 Å². The van der Waals surface area contributed by atoms with Crippen LogP contribution < -0.4 is 0 Å². The highest BCUT2D eigenvalue weighted by atomic mass is 32.2. The SMILES string of the molecule is CCCSC1=C(SCCC)C(=C2C(=S)C(S)C(S)C2=S)C(SCCC)=C1SCCC. The molecular weight excluding hydrogens is 521 g/mol. The van der Waals surface area contributed by atoms with Gasteiger partial charge in [0, 0.05) is 40.5 Å². The second-order valence-corrected chi connectivity index (χ2v) is 13.5. The van der Waals surface area contributed by atoms with Gasteiger partial charge in [0.25, 0.3) is 0 Å². The van der Waals surface area contributed by atoms with Crippen molar-refractivity contribution in [3.63, 3.8) is 0 Å². The van der Waals surface area contributed by atoms with E-state index < -0.39 is 0 Å². The van der Waals surface area contributed by atoms with Crippen LogP contribution in [0, 0.1) is 0 Å². The normalized spacial score (nSPS) is 22.3. The van der Waals surface area contributed by atoms with Crippen molar-refractivity contribution in [3.05, 3.63) is 30.8 Å². The molecule has 1 saturated carbocycles. The summed E-state index contributed by atoms with van der Waals surface area (Å²) in [6.45, 7) is 9.02. The summed E-state index contributed by atoms with van der Waals surface area (Å²) >= 11 is 29.3. The average Bonchev–Trinajstić information content (AvgIpc) is 3.12. The monoisotopic (exact) mass is 552 g/mol. The Kier molecular flexibility index (Phi) is 13.0. The lowest BCUT2D eigenvalue weighted by Crippen LogP contribution is -2.15. The Labute approximate surface area is 222 Å². The van der Waals surface area contributed by atoms with E-state index in [-0.39, 0.29) is 10.5 Å². The van der Waals surface area contributed by atoms with Crippen LogP contribution in [0.4, 0.5) is 0 Å². The Hall–Kier alpha value is 1.50. The maximum absolute atomic E-state index is 5.89. The van der Waals surface area contributed by atoms with Crippen molar-refractivity contribution in [1.29, 1.82) is 0 Å². The quantitative estimate of drug-likeness (QED) is 0.140. The first kappa shape index (κ1) is 27.7. The van der Waals surface area contributed by atoms with Crippen LogP contribution in [-0.4, -0.2) is 43.2 Å². The number of allylic oxidation sites excluding steroid dienone is 3. The Balaban J connectivity index is 2.75. The van der Waals surface area contributed by atoms with Crippen LogP contribution in [0.1, 0.15) is 53.4 Å². The number of thioether (sulfide) groups is 4. The predicted molar refractivity (Wildman–Crippen MR) is 163 cm³/mol. The smallest absolute Gasteiger partial charge is 0.0541 e. The number of rotatable bonds is 12. The molecule has 2 unspecified atom stereocenters. The van der Waals surface area contributed by atoms with Crippen LogP contribution in [0.2, 0.25) is 0 Å². The van der Waals surface area contributed by atoms with Crippen LogP contribution in [0.25, 0.3) is 0 Å². The van der Waals surface area contributed by atoms with Gasteiger partial charge >= 0.3 is 0 Å². The molecule has 0 aromatic carbocycles. The van der Waals surface area contributed by atoms with Gasteiger partial charge in [0.05, 0.1) is 10.5 Å². The molecule has 0 N–H and O–H groups in total. The van der Waals surface area contributed by atoms with Crippen LogP contribution in [0.3, 0.4) is 0 Å². The van der Waals surface area contributed by atoms with Gasteiger partial charge < -0.3 is 0 Å². The Morgan fingerprint density at radius 1 is 0.567 bits per heavy atom. The summed E-state index contributed by atoms with van der Waals surface area (Å²) in [7, 11) is 0. The van der Waals surface area contributed by atoms with Crippen molar-refractivity contribution in [3.8, 4) is 0 Å². The Morgan fingerprint density at radius 3 is 1.17 bits per heavy atom. The third-order valence-corrected chi connectivity index (χ3v) is 12.7. The van der Waals surface area contributed by atoms with Gasteiger partial charge in [-0.15, -0.1) is 47.0 Å². The summed E-state index contributed by atoms with van der Waals surface area (Å²) < 4.78 is 0. The molecule has 0 heterocycles. The molecule has 1 fully saturated rings. The summed E-state index contributed by atoms with van der Waals surface area (Å²) in [6.07, 6.45) is 4.64. The molecule has 0 nitrogen and oxygen atoms in total. The molecule has 0 aliphatic heterocycles. The second kappa shape index (κ2) is 14.0. The molecule has 168 valence electrons. The van der Waals surface area contributed by atoms with Gasteiger partial charge in [0.2, 0.25) is 0 Å². The molecule has 0 aromatic heterocycles. The first-order valence-corrected chi connectivity index (χ1v) is 16.4. The maximum atomic E-state index is 5.89. The van der Waals surface area contributed by atoms with E-state index in [0.717, 1.165) is 51.2 Å². The summed E-state index contributed by atoms with van der Waals surface area (Å²) in [4.78, 5) is 7.47. The molecule has 2 aliphatic carbocycles. The molecule has 8 heteroatoms. The van der Waals surface area contributed by atoms with Crippen molar-refractivity contribution in [2.45, 2.75) is 63.9 Å². The zero-order chi connectivity index (χ0) is 22.3. The van der Waals surface area contributed by atoms with E-state index >= 15 is 0 Å². The molecular formula is C22H32S8. The van der Waals surface area contributed by atoms with Crippen LogP contribution in [0.15, 0.2) is 30.8 Å². The minimum absolute atomic E-state index is 0.0766. The zero-order valence-electron chi connectivity index (χ0n) is 18.2. The molecule has 0 bridgehead atoms. The topological polar surface area (TPSA) is 0 Å². The third kappa shape index (κ3) is 6.34.